The molecule has 2 rings (SSSR count). The van der Waals surface area contributed by atoms with Gasteiger partial charge in [-0.2, -0.15) is 0 Å². The van der Waals surface area contributed by atoms with E-state index in [1.165, 1.54) is 0 Å². The molecule has 0 spiro atoms. The van der Waals surface area contributed by atoms with Crippen molar-refractivity contribution in [3.8, 4) is 0 Å². The lowest BCUT2D eigenvalue weighted by molar-refractivity contribution is -0.121. The molecule has 1 unspecified atom stereocenters. The van der Waals surface area contributed by atoms with E-state index in [-0.39, 0.29) is 5.03 Å². The molecular weight excluding hydrogens is 232 g/mol. The van der Waals surface area contributed by atoms with Crippen LogP contribution in [0.25, 0.3) is 0 Å². The summed E-state index contributed by atoms with van der Waals surface area (Å²) < 4.78 is 0. The Balaban J connectivity index is 2.10. The van der Waals surface area contributed by atoms with Crippen molar-refractivity contribution in [2.24, 2.45) is 0 Å². The standard InChI is InChI=1S/C9H13ClN4O2/c10-7-5(12-9(16)13-8(7)15)4-14-3-1-2-6(14)11/h9,11-12,16H,1-4H2,(H,13,15). The molecule has 0 aromatic heterocycles. The van der Waals surface area contributed by atoms with Gasteiger partial charge in [0.15, 0.2) is 0 Å². The van der Waals surface area contributed by atoms with Gasteiger partial charge in [-0.25, -0.2) is 0 Å². The highest BCUT2D eigenvalue weighted by atomic mass is 35.5. The Morgan fingerprint density at radius 3 is 2.94 bits per heavy atom. The molecule has 1 fully saturated rings. The number of aliphatic hydroxyl groups excluding tert-OH is 1. The van der Waals surface area contributed by atoms with E-state index in [0.29, 0.717) is 18.1 Å². The van der Waals surface area contributed by atoms with Gasteiger partial charge >= 0.3 is 0 Å². The fourth-order valence-corrected chi connectivity index (χ4v) is 1.97. The number of nitrogens with zero attached hydrogens (tertiary/aromatic N) is 1. The van der Waals surface area contributed by atoms with Gasteiger partial charge in [0.05, 0.1) is 18.1 Å². The van der Waals surface area contributed by atoms with Crippen LogP contribution in [-0.2, 0) is 4.79 Å². The predicted octanol–water partition coefficient (Wildman–Crippen LogP) is -0.495. The summed E-state index contributed by atoms with van der Waals surface area (Å²) in [6.07, 6.45) is 0.583. The van der Waals surface area contributed by atoms with Gasteiger partial charge in [-0.3, -0.25) is 10.2 Å². The van der Waals surface area contributed by atoms with Crippen LogP contribution >= 0.6 is 11.6 Å². The van der Waals surface area contributed by atoms with Gasteiger partial charge in [-0.1, -0.05) is 11.6 Å². The van der Waals surface area contributed by atoms with E-state index in [2.05, 4.69) is 10.6 Å². The summed E-state index contributed by atoms with van der Waals surface area (Å²) in [7, 11) is 0. The Morgan fingerprint density at radius 2 is 2.31 bits per heavy atom. The summed E-state index contributed by atoms with van der Waals surface area (Å²) in [6, 6.07) is 0. The zero-order chi connectivity index (χ0) is 11.7. The first kappa shape index (κ1) is 11.2. The zero-order valence-electron chi connectivity index (χ0n) is 8.59. The number of hydrogen-bond acceptors (Lipinski definition) is 4. The minimum atomic E-state index is -1.11. The molecule has 0 radical (unpaired) electrons. The molecule has 1 amide bonds. The normalized spacial score (nSPS) is 25.9. The highest BCUT2D eigenvalue weighted by Crippen LogP contribution is 2.17. The van der Waals surface area contributed by atoms with Crippen molar-refractivity contribution in [2.75, 3.05) is 13.1 Å². The second-order valence-corrected chi connectivity index (χ2v) is 4.16. The fraction of sp³-hybridized carbons (Fsp3) is 0.556. The molecule has 0 bridgehead atoms. The second kappa shape index (κ2) is 4.31. The maximum atomic E-state index is 11.3. The first-order valence-corrected chi connectivity index (χ1v) is 5.42. The van der Waals surface area contributed by atoms with Gasteiger partial charge in [-0.05, 0) is 6.42 Å². The number of nitrogens with one attached hydrogen (secondary N) is 3. The number of carbonyl (C=O) groups excluding carboxylic acids is 1. The summed E-state index contributed by atoms with van der Waals surface area (Å²) >= 11 is 5.82. The lowest BCUT2D eigenvalue weighted by atomic mass is 10.3. The molecule has 16 heavy (non-hydrogen) atoms. The average molecular weight is 245 g/mol. The molecule has 2 heterocycles. The van der Waals surface area contributed by atoms with Gasteiger partial charge in [0.1, 0.15) is 5.03 Å². The Morgan fingerprint density at radius 1 is 1.56 bits per heavy atom. The van der Waals surface area contributed by atoms with E-state index >= 15 is 0 Å². The Kier molecular flexibility index (Phi) is 3.02. The van der Waals surface area contributed by atoms with E-state index in [4.69, 9.17) is 17.0 Å². The van der Waals surface area contributed by atoms with Crippen molar-refractivity contribution in [3.63, 3.8) is 0 Å². The van der Waals surface area contributed by atoms with Crippen molar-refractivity contribution in [1.29, 1.82) is 5.41 Å². The number of amidine groups is 1. The Hall–Kier alpha value is -1.27. The Labute approximate surface area is 97.8 Å². The summed E-state index contributed by atoms with van der Waals surface area (Å²) in [4.78, 5) is 13.1. The maximum Gasteiger partial charge on any atom is 0.268 e. The topological polar surface area (TPSA) is 88.5 Å². The quantitative estimate of drug-likeness (QED) is 0.528. The van der Waals surface area contributed by atoms with Crippen LogP contribution < -0.4 is 10.6 Å². The van der Waals surface area contributed by atoms with Crippen LogP contribution in [0, 0.1) is 5.41 Å². The van der Waals surface area contributed by atoms with Crippen molar-refractivity contribution in [2.45, 2.75) is 19.2 Å². The molecule has 4 N–H and O–H groups in total. The number of rotatable bonds is 2. The van der Waals surface area contributed by atoms with Gasteiger partial charge in [-0.15, -0.1) is 0 Å². The van der Waals surface area contributed by atoms with Crippen molar-refractivity contribution < 1.29 is 9.90 Å². The number of aliphatic hydroxyl groups is 1. The lowest BCUT2D eigenvalue weighted by Crippen LogP contribution is -2.51. The van der Waals surface area contributed by atoms with E-state index in [0.717, 1.165) is 19.4 Å². The predicted molar refractivity (Wildman–Crippen MR) is 58.7 cm³/mol. The molecule has 7 heteroatoms. The third-order valence-electron chi connectivity index (χ3n) is 2.62. The summed E-state index contributed by atoms with van der Waals surface area (Å²) in [6.45, 7) is 1.15. The van der Waals surface area contributed by atoms with Crippen LogP contribution in [0.3, 0.4) is 0 Å². The smallest absolute Gasteiger partial charge is 0.268 e. The number of carbonyl (C=O) groups is 1. The highest BCUT2D eigenvalue weighted by molar-refractivity contribution is 6.42. The minimum absolute atomic E-state index is 0.0463. The number of amides is 1. The van der Waals surface area contributed by atoms with E-state index in [1.54, 1.807) is 0 Å². The van der Waals surface area contributed by atoms with Gasteiger partial charge in [0, 0.05) is 13.0 Å². The van der Waals surface area contributed by atoms with E-state index < -0.39 is 12.3 Å². The molecule has 88 valence electrons. The number of halogens is 1. The number of likely N-dealkylation sites (tertiary alicyclic amines) is 1. The maximum absolute atomic E-state index is 11.3. The molecule has 1 saturated heterocycles. The molecule has 0 saturated carbocycles. The monoisotopic (exact) mass is 244 g/mol. The van der Waals surface area contributed by atoms with Gasteiger partial charge in [0.2, 0.25) is 6.35 Å². The first-order valence-electron chi connectivity index (χ1n) is 5.04. The molecule has 0 aromatic rings. The van der Waals surface area contributed by atoms with Gasteiger partial charge < -0.3 is 20.6 Å². The second-order valence-electron chi connectivity index (χ2n) is 3.78. The van der Waals surface area contributed by atoms with E-state index in [1.807, 2.05) is 4.90 Å². The summed E-state index contributed by atoms with van der Waals surface area (Å²) in [5.41, 5.74) is 0.463. The molecular formula is C9H13ClN4O2. The van der Waals surface area contributed by atoms with Crippen LogP contribution in [0.2, 0.25) is 0 Å². The van der Waals surface area contributed by atoms with Crippen LogP contribution in [0.1, 0.15) is 12.8 Å². The third-order valence-corrected chi connectivity index (χ3v) is 3.02. The molecule has 2 aliphatic heterocycles. The molecule has 0 aromatic carbocycles. The summed E-state index contributed by atoms with van der Waals surface area (Å²) in [5, 5.41) is 21.9. The SMILES string of the molecule is N=C1CCCN1CC1=C(Cl)C(=O)NC(O)N1. The number of hydrogen-bond donors (Lipinski definition) is 4. The van der Waals surface area contributed by atoms with Crippen LogP contribution in [-0.4, -0.2) is 41.2 Å². The minimum Gasteiger partial charge on any atom is -0.356 e. The van der Waals surface area contributed by atoms with Crippen LogP contribution in [0.4, 0.5) is 0 Å². The molecule has 1 atom stereocenters. The highest BCUT2D eigenvalue weighted by Gasteiger charge is 2.26. The largest absolute Gasteiger partial charge is 0.356 e. The van der Waals surface area contributed by atoms with Crippen LogP contribution in [0.15, 0.2) is 10.7 Å². The lowest BCUT2D eigenvalue weighted by Gasteiger charge is -2.27. The fourth-order valence-electron chi connectivity index (χ4n) is 1.80. The third kappa shape index (κ3) is 2.12. The Bertz CT molecular complexity index is 369. The van der Waals surface area contributed by atoms with Crippen molar-refractivity contribution in [1.82, 2.24) is 15.5 Å². The molecule has 0 aliphatic carbocycles. The van der Waals surface area contributed by atoms with Crippen molar-refractivity contribution >= 4 is 23.3 Å². The molecule has 2 aliphatic rings. The van der Waals surface area contributed by atoms with Gasteiger partial charge in [0.25, 0.3) is 5.91 Å². The van der Waals surface area contributed by atoms with Crippen molar-refractivity contribution in [3.05, 3.63) is 10.7 Å². The molecule has 6 nitrogen and oxygen atoms in total. The first-order chi connectivity index (χ1) is 7.58. The zero-order valence-corrected chi connectivity index (χ0v) is 9.34. The summed E-state index contributed by atoms with van der Waals surface area (Å²) in [5.74, 6) is 0.0490. The van der Waals surface area contributed by atoms with Crippen LogP contribution in [0.5, 0.6) is 0 Å². The van der Waals surface area contributed by atoms with E-state index in [9.17, 15) is 9.90 Å². The average Bonchev–Trinajstić information content (AvgIpc) is 2.60.